The molecule has 0 fully saturated rings. The third kappa shape index (κ3) is 4.54. The van der Waals surface area contributed by atoms with Crippen LogP contribution in [0.1, 0.15) is 65.3 Å². The van der Waals surface area contributed by atoms with Crippen molar-refractivity contribution in [3.05, 3.63) is 72.6 Å². The minimum absolute atomic E-state index is 0.0628. The van der Waals surface area contributed by atoms with Gasteiger partial charge in [0.15, 0.2) is 0 Å². The molecule has 0 unspecified atom stereocenters. The molecule has 6 nitrogen and oxygen atoms in total. The summed E-state index contributed by atoms with van der Waals surface area (Å²) in [6.45, 7) is 12.7. The van der Waals surface area contributed by atoms with Gasteiger partial charge in [-0.05, 0) is 56.6 Å². The first-order chi connectivity index (χ1) is 16.9. The molecule has 0 aliphatic carbocycles. The molecule has 0 amide bonds. The van der Waals surface area contributed by atoms with Gasteiger partial charge in [-0.15, -0.1) is 0 Å². The Morgan fingerprint density at radius 1 is 0.583 bits per heavy atom. The molecule has 2 aromatic heterocycles. The lowest BCUT2D eigenvalue weighted by Crippen LogP contribution is -2.27. The summed E-state index contributed by atoms with van der Waals surface area (Å²) in [5.74, 6) is 1.63. The minimum atomic E-state index is -0.153. The summed E-state index contributed by atoms with van der Waals surface area (Å²) in [5.41, 5.74) is 16.8. The van der Waals surface area contributed by atoms with Crippen LogP contribution in [0.3, 0.4) is 0 Å². The van der Waals surface area contributed by atoms with Gasteiger partial charge in [-0.25, -0.2) is 9.97 Å². The molecule has 6 heteroatoms. The second-order valence-electron chi connectivity index (χ2n) is 12.0. The fourth-order valence-corrected chi connectivity index (χ4v) is 4.44. The van der Waals surface area contributed by atoms with Gasteiger partial charge in [0.1, 0.15) is 11.6 Å². The van der Waals surface area contributed by atoms with Gasteiger partial charge >= 0.3 is 0 Å². The highest BCUT2D eigenvalue weighted by Crippen LogP contribution is 2.33. The van der Waals surface area contributed by atoms with Crippen LogP contribution in [0.25, 0.3) is 44.1 Å². The first kappa shape index (κ1) is 24.2. The zero-order valence-electron chi connectivity index (χ0n) is 22.0. The van der Waals surface area contributed by atoms with Gasteiger partial charge < -0.3 is 21.4 Å². The SMILES string of the molecule is CC(C)(C)[C@H](N)c1ncc(-c2ccc3cc4cc(-c5cnc([C@@H](N)C(C)(C)C)[nH]5)ccc4cc3c2)[nH]1. The smallest absolute Gasteiger partial charge is 0.124 e. The number of aromatic nitrogens is 4. The highest BCUT2D eigenvalue weighted by Gasteiger charge is 2.26. The first-order valence-corrected chi connectivity index (χ1v) is 12.5. The number of aromatic amines is 2. The highest BCUT2D eigenvalue weighted by atomic mass is 15.0. The zero-order chi connectivity index (χ0) is 25.8. The maximum absolute atomic E-state index is 6.40. The number of nitrogens with two attached hydrogens (primary N) is 2. The van der Waals surface area contributed by atoms with Crippen LogP contribution >= 0.6 is 0 Å². The zero-order valence-corrected chi connectivity index (χ0v) is 22.0. The van der Waals surface area contributed by atoms with Crippen molar-refractivity contribution in [2.24, 2.45) is 22.3 Å². The molecule has 0 spiro atoms. The summed E-state index contributed by atoms with van der Waals surface area (Å²) in [6.07, 6.45) is 3.75. The topological polar surface area (TPSA) is 109 Å². The Labute approximate surface area is 212 Å². The number of fused-ring (bicyclic) bond motifs is 2. The van der Waals surface area contributed by atoms with Gasteiger partial charge in [-0.1, -0.05) is 65.8 Å². The van der Waals surface area contributed by atoms with Gasteiger partial charge in [0.2, 0.25) is 0 Å². The fraction of sp³-hybridized carbons (Fsp3) is 0.333. The molecule has 6 N–H and O–H groups in total. The van der Waals surface area contributed by atoms with Crippen molar-refractivity contribution in [3.8, 4) is 22.5 Å². The molecular weight excluding hydrogens is 444 g/mol. The van der Waals surface area contributed by atoms with E-state index in [0.717, 1.165) is 34.2 Å². The number of benzene rings is 3. The number of rotatable bonds is 4. The van der Waals surface area contributed by atoms with E-state index in [-0.39, 0.29) is 22.9 Å². The highest BCUT2D eigenvalue weighted by molar-refractivity contribution is 6.00. The number of hydrogen-bond donors (Lipinski definition) is 4. The number of hydrogen-bond acceptors (Lipinski definition) is 4. The summed E-state index contributed by atoms with van der Waals surface area (Å²) >= 11 is 0. The number of imidazole rings is 2. The van der Waals surface area contributed by atoms with E-state index >= 15 is 0 Å². The lowest BCUT2D eigenvalue weighted by molar-refractivity contribution is 0.316. The van der Waals surface area contributed by atoms with E-state index in [1.54, 1.807) is 0 Å². The van der Waals surface area contributed by atoms with Crippen LogP contribution in [0.2, 0.25) is 0 Å². The van der Waals surface area contributed by atoms with Gasteiger partial charge in [-0.2, -0.15) is 0 Å². The van der Waals surface area contributed by atoms with Crippen molar-refractivity contribution in [2.75, 3.05) is 0 Å². The van der Waals surface area contributed by atoms with E-state index in [1.807, 2.05) is 12.4 Å². The molecule has 0 radical (unpaired) electrons. The number of nitrogens with zero attached hydrogens (tertiary/aromatic N) is 2. The molecule has 0 bridgehead atoms. The monoisotopic (exact) mass is 480 g/mol. The molecular formula is C30H36N6. The Kier molecular flexibility index (Phi) is 5.77. The number of nitrogens with one attached hydrogen (secondary N) is 2. The van der Waals surface area contributed by atoms with Gasteiger partial charge in [0, 0.05) is 11.1 Å². The van der Waals surface area contributed by atoms with E-state index in [1.165, 1.54) is 21.5 Å². The summed E-state index contributed by atoms with van der Waals surface area (Å²) < 4.78 is 0. The second-order valence-corrected chi connectivity index (χ2v) is 12.0. The standard InChI is InChI=1S/C30H36N6/c1-29(2,3)25(31)27-33-15-23(35-27)19-9-7-17-12-22-14-20(10-8-18(22)11-21(17)13-19)24-16-34-28(36-24)26(32)30(4,5)6/h7-16,25-26H,31-32H2,1-6H3,(H,33,35)(H,34,36)/t25-,26-/m1/s1. The molecule has 2 heterocycles. The van der Waals surface area contributed by atoms with Crippen LogP contribution in [0, 0.1) is 10.8 Å². The minimum Gasteiger partial charge on any atom is -0.341 e. The van der Waals surface area contributed by atoms with Crippen molar-refractivity contribution in [2.45, 2.75) is 53.6 Å². The Bertz CT molecular complexity index is 1430. The van der Waals surface area contributed by atoms with Gasteiger partial charge in [0.25, 0.3) is 0 Å². The number of H-pyrrole nitrogens is 2. The summed E-state index contributed by atoms with van der Waals surface area (Å²) in [5, 5.41) is 4.75. The summed E-state index contributed by atoms with van der Waals surface area (Å²) in [6, 6.07) is 17.2. The lowest BCUT2D eigenvalue weighted by Gasteiger charge is -2.25. The normalized spacial score (nSPS) is 14.4. The van der Waals surface area contributed by atoms with Crippen molar-refractivity contribution < 1.29 is 0 Å². The fourth-order valence-electron chi connectivity index (χ4n) is 4.44. The molecule has 0 aliphatic heterocycles. The molecule has 5 aromatic rings. The third-order valence-electron chi connectivity index (χ3n) is 7.06. The van der Waals surface area contributed by atoms with E-state index in [2.05, 4.69) is 110 Å². The maximum atomic E-state index is 6.40. The maximum Gasteiger partial charge on any atom is 0.124 e. The van der Waals surface area contributed by atoms with E-state index < -0.39 is 0 Å². The van der Waals surface area contributed by atoms with Crippen molar-refractivity contribution in [3.63, 3.8) is 0 Å². The van der Waals surface area contributed by atoms with Crippen LogP contribution in [0.15, 0.2) is 60.9 Å². The first-order valence-electron chi connectivity index (χ1n) is 12.5. The Morgan fingerprint density at radius 3 is 1.33 bits per heavy atom. The average molecular weight is 481 g/mol. The van der Waals surface area contributed by atoms with Crippen molar-refractivity contribution in [1.29, 1.82) is 0 Å². The summed E-state index contributed by atoms with van der Waals surface area (Å²) in [4.78, 5) is 16.0. The average Bonchev–Trinajstić information content (AvgIpc) is 3.50. The van der Waals surface area contributed by atoms with Crippen LogP contribution in [-0.2, 0) is 0 Å². The van der Waals surface area contributed by atoms with Crippen molar-refractivity contribution in [1.82, 2.24) is 19.9 Å². The Hall–Kier alpha value is -3.48. The Balaban J connectivity index is 1.47. The predicted octanol–water partition coefficient (Wildman–Crippen LogP) is 6.87. The van der Waals surface area contributed by atoms with Gasteiger partial charge in [-0.3, -0.25) is 0 Å². The van der Waals surface area contributed by atoms with Crippen LogP contribution < -0.4 is 11.5 Å². The largest absolute Gasteiger partial charge is 0.341 e. The summed E-state index contributed by atoms with van der Waals surface area (Å²) in [7, 11) is 0. The molecule has 186 valence electrons. The van der Waals surface area contributed by atoms with E-state index in [4.69, 9.17) is 11.5 Å². The van der Waals surface area contributed by atoms with Crippen molar-refractivity contribution >= 4 is 21.5 Å². The van der Waals surface area contributed by atoms with Gasteiger partial charge in [0.05, 0.1) is 35.9 Å². The molecule has 36 heavy (non-hydrogen) atoms. The van der Waals surface area contributed by atoms with Crippen LogP contribution in [-0.4, -0.2) is 19.9 Å². The van der Waals surface area contributed by atoms with Crippen LogP contribution in [0.4, 0.5) is 0 Å². The van der Waals surface area contributed by atoms with E-state index in [0.29, 0.717) is 0 Å². The molecule has 0 saturated heterocycles. The van der Waals surface area contributed by atoms with Crippen LogP contribution in [0.5, 0.6) is 0 Å². The predicted molar refractivity (Wildman–Crippen MR) is 149 cm³/mol. The van der Waals surface area contributed by atoms with E-state index in [9.17, 15) is 0 Å². The molecule has 0 saturated carbocycles. The lowest BCUT2D eigenvalue weighted by atomic mass is 9.87. The molecule has 2 atom stereocenters. The second kappa shape index (κ2) is 8.57. The quantitative estimate of drug-likeness (QED) is 0.210. The Morgan fingerprint density at radius 2 is 0.972 bits per heavy atom. The molecule has 0 aliphatic rings. The molecule has 5 rings (SSSR count). The third-order valence-corrected chi connectivity index (χ3v) is 7.06. The molecule has 3 aromatic carbocycles.